The van der Waals surface area contributed by atoms with E-state index in [4.69, 9.17) is 0 Å². The summed E-state index contributed by atoms with van der Waals surface area (Å²) in [4.78, 5) is 0. The van der Waals surface area contributed by atoms with E-state index in [9.17, 15) is 5.11 Å². The van der Waals surface area contributed by atoms with E-state index in [0.717, 1.165) is 23.0 Å². The number of nitrogens with one attached hydrogen (secondary N) is 1. The van der Waals surface area contributed by atoms with Crippen LogP contribution in [0.1, 0.15) is 24.9 Å². The van der Waals surface area contributed by atoms with Gasteiger partial charge in [-0.25, -0.2) is 0 Å². The Hall–Kier alpha value is -0.380. The number of hydrogen-bond acceptors (Lipinski definition) is 2. The Morgan fingerprint density at radius 2 is 2.29 bits per heavy atom. The summed E-state index contributed by atoms with van der Waals surface area (Å²) >= 11 is 3.42. The molecule has 0 bridgehead atoms. The maximum absolute atomic E-state index is 9.22. The molecule has 0 fully saturated rings. The van der Waals surface area contributed by atoms with Crippen molar-refractivity contribution < 1.29 is 5.11 Å². The van der Waals surface area contributed by atoms with Crippen LogP contribution in [-0.2, 0) is 0 Å². The quantitative estimate of drug-likeness (QED) is 0.850. The smallest absolute Gasteiger partial charge is 0.0626 e. The van der Waals surface area contributed by atoms with Gasteiger partial charge in [-0.1, -0.05) is 35.0 Å². The Bertz CT molecular complexity index is 278. The first kappa shape index (κ1) is 11.7. The zero-order valence-corrected chi connectivity index (χ0v) is 9.92. The predicted octanol–water partition coefficient (Wildman–Crippen LogP) is 2.48. The third-order valence-electron chi connectivity index (χ3n) is 2.07. The maximum atomic E-state index is 9.22. The van der Waals surface area contributed by atoms with Gasteiger partial charge in [0, 0.05) is 4.47 Å². The standard InChI is InChI=1S/C11H16BrNO/c1-2-6-13-11(8-14)9-4-3-5-10(12)7-9/h3-5,7,11,13-14H,2,6,8H2,1H3. The third-order valence-corrected chi connectivity index (χ3v) is 2.57. The molecule has 1 aromatic carbocycles. The van der Waals surface area contributed by atoms with Crippen molar-refractivity contribution >= 4 is 15.9 Å². The second-order valence-corrected chi connectivity index (χ2v) is 4.16. The van der Waals surface area contributed by atoms with E-state index >= 15 is 0 Å². The summed E-state index contributed by atoms with van der Waals surface area (Å²) in [7, 11) is 0. The summed E-state index contributed by atoms with van der Waals surface area (Å²) in [6.45, 7) is 3.18. The summed E-state index contributed by atoms with van der Waals surface area (Å²) in [5, 5.41) is 12.5. The molecule has 14 heavy (non-hydrogen) atoms. The summed E-state index contributed by atoms with van der Waals surface area (Å²) < 4.78 is 1.05. The number of benzene rings is 1. The summed E-state index contributed by atoms with van der Waals surface area (Å²) in [5.74, 6) is 0. The van der Waals surface area contributed by atoms with Crippen LogP contribution in [-0.4, -0.2) is 18.3 Å². The van der Waals surface area contributed by atoms with Crippen molar-refractivity contribution in [2.75, 3.05) is 13.2 Å². The van der Waals surface area contributed by atoms with E-state index < -0.39 is 0 Å². The molecule has 78 valence electrons. The van der Waals surface area contributed by atoms with Crippen molar-refractivity contribution in [3.63, 3.8) is 0 Å². The van der Waals surface area contributed by atoms with Crippen LogP contribution >= 0.6 is 15.9 Å². The van der Waals surface area contributed by atoms with Gasteiger partial charge in [0.15, 0.2) is 0 Å². The molecule has 2 nitrogen and oxygen atoms in total. The second-order valence-electron chi connectivity index (χ2n) is 3.24. The summed E-state index contributed by atoms with van der Waals surface area (Å²) in [6.07, 6.45) is 1.07. The fourth-order valence-corrected chi connectivity index (χ4v) is 1.75. The first-order valence-electron chi connectivity index (χ1n) is 4.87. The minimum absolute atomic E-state index is 0.0486. The van der Waals surface area contributed by atoms with Gasteiger partial charge in [0.2, 0.25) is 0 Å². The van der Waals surface area contributed by atoms with Gasteiger partial charge in [-0.05, 0) is 30.7 Å². The highest BCUT2D eigenvalue weighted by molar-refractivity contribution is 9.10. The third kappa shape index (κ3) is 3.40. The summed E-state index contributed by atoms with van der Waals surface area (Å²) in [5.41, 5.74) is 1.12. The molecule has 1 unspecified atom stereocenters. The van der Waals surface area contributed by atoms with Crippen molar-refractivity contribution in [2.45, 2.75) is 19.4 Å². The molecule has 0 aliphatic rings. The van der Waals surface area contributed by atoms with Gasteiger partial charge < -0.3 is 10.4 Å². The van der Waals surface area contributed by atoms with Crippen molar-refractivity contribution in [2.24, 2.45) is 0 Å². The zero-order valence-electron chi connectivity index (χ0n) is 8.33. The van der Waals surface area contributed by atoms with Crippen molar-refractivity contribution in [1.29, 1.82) is 0 Å². The lowest BCUT2D eigenvalue weighted by Crippen LogP contribution is -2.24. The Labute approximate surface area is 93.5 Å². The molecule has 1 aromatic rings. The Morgan fingerprint density at radius 1 is 1.50 bits per heavy atom. The van der Waals surface area contributed by atoms with Gasteiger partial charge in [-0.15, -0.1) is 0 Å². The number of aliphatic hydroxyl groups excluding tert-OH is 1. The molecule has 0 radical (unpaired) electrons. The lowest BCUT2D eigenvalue weighted by atomic mass is 10.1. The molecule has 1 atom stereocenters. The molecule has 0 aromatic heterocycles. The van der Waals surface area contributed by atoms with Gasteiger partial charge in [-0.3, -0.25) is 0 Å². The van der Waals surface area contributed by atoms with E-state index in [1.165, 1.54) is 0 Å². The highest BCUT2D eigenvalue weighted by Gasteiger charge is 2.08. The normalized spacial score (nSPS) is 12.8. The van der Waals surface area contributed by atoms with Crippen molar-refractivity contribution in [1.82, 2.24) is 5.32 Å². The highest BCUT2D eigenvalue weighted by Crippen LogP contribution is 2.17. The average molecular weight is 258 g/mol. The van der Waals surface area contributed by atoms with Crippen LogP contribution < -0.4 is 5.32 Å². The van der Waals surface area contributed by atoms with E-state index in [0.29, 0.717) is 0 Å². The molecule has 0 amide bonds. The molecule has 0 saturated carbocycles. The van der Waals surface area contributed by atoms with Crippen molar-refractivity contribution in [3.8, 4) is 0 Å². The average Bonchev–Trinajstić information content (AvgIpc) is 2.19. The molecular formula is C11H16BrNO. The Morgan fingerprint density at radius 3 is 2.86 bits per heavy atom. The van der Waals surface area contributed by atoms with Crippen molar-refractivity contribution in [3.05, 3.63) is 34.3 Å². The van der Waals surface area contributed by atoms with Crippen LogP contribution in [0.25, 0.3) is 0 Å². The first-order chi connectivity index (χ1) is 6.77. The van der Waals surface area contributed by atoms with Crippen LogP contribution in [0.3, 0.4) is 0 Å². The van der Waals surface area contributed by atoms with E-state index in [1.54, 1.807) is 0 Å². The number of halogens is 1. The van der Waals surface area contributed by atoms with Crippen LogP contribution in [0, 0.1) is 0 Å². The Kier molecular flexibility index (Phi) is 5.15. The second kappa shape index (κ2) is 6.17. The molecule has 0 saturated heterocycles. The summed E-state index contributed by atoms with van der Waals surface area (Å²) in [6, 6.07) is 8.07. The Balaban J connectivity index is 2.68. The molecule has 0 aliphatic carbocycles. The molecule has 1 rings (SSSR count). The molecule has 0 heterocycles. The minimum atomic E-state index is 0.0486. The minimum Gasteiger partial charge on any atom is -0.394 e. The molecule has 2 N–H and O–H groups in total. The fourth-order valence-electron chi connectivity index (χ4n) is 1.33. The predicted molar refractivity (Wildman–Crippen MR) is 62.3 cm³/mol. The lowest BCUT2D eigenvalue weighted by molar-refractivity contribution is 0.245. The van der Waals surface area contributed by atoms with E-state index in [2.05, 4.69) is 28.2 Å². The number of aliphatic hydroxyl groups is 1. The van der Waals surface area contributed by atoms with Crippen LogP contribution in [0.2, 0.25) is 0 Å². The largest absolute Gasteiger partial charge is 0.394 e. The van der Waals surface area contributed by atoms with Gasteiger partial charge in [-0.2, -0.15) is 0 Å². The molecule has 0 spiro atoms. The van der Waals surface area contributed by atoms with E-state index in [-0.39, 0.29) is 12.6 Å². The molecular weight excluding hydrogens is 242 g/mol. The number of hydrogen-bond donors (Lipinski definition) is 2. The van der Waals surface area contributed by atoms with Crippen LogP contribution in [0.15, 0.2) is 28.7 Å². The van der Waals surface area contributed by atoms with E-state index in [1.807, 2.05) is 24.3 Å². The van der Waals surface area contributed by atoms with Crippen LogP contribution in [0.5, 0.6) is 0 Å². The monoisotopic (exact) mass is 257 g/mol. The maximum Gasteiger partial charge on any atom is 0.0626 e. The van der Waals surface area contributed by atoms with Gasteiger partial charge >= 0.3 is 0 Å². The first-order valence-corrected chi connectivity index (χ1v) is 5.67. The number of rotatable bonds is 5. The lowest BCUT2D eigenvalue weighted by Gasteiger charge is -2.16. The van der Waals surface area contributed by atoms with Crippen LogP contribution in [0.4, 0.5) is 0 Å². The fraction of sp³-hybridized carbons (Fsp3) is 0.455. The van der Waals surface area contributed by atoms with Gasteiger partial charge in [0.05, 0.1) is 12.6 Å². The SMILES string of the molecule is CCCNC(CO)c1cccc(Br)c1. The topological polar surface area (TPSA) is 32.3 Å². The highest BCUT2D eigenvalue weighted by atomic mass is 79.9. The molecule has 3 heteroatoms. The van der Waals surface area contributed by atoms with Gasteiger partial charge in [0.1, 0.15) is 0 Å². The van der Waals surface area contributed by atoms with Gasteiger partial charge in [0.25, 0.3) is 0 Å². The molecule has 0 aliphatic heterocycles. The zero-order chi connectivity index (χ0) is 10.4.